The first-order valence-electron chi connectivity index (χ1n) is 9.37. The summed E-state index contributed by atoms with van der Waals surface area (Å²) in [5.74, 6) is 0.0747. The van der Waals surface area contributed by atoms with Crippen LogP contribution in [0, 0.1) is 6.08 Å². The summed E-state index contributed by atoms with van der Waals surface area (Å²) in [5.41, 5.74) is -0.671. The van der Waals surface area contributed by atoms with E-state index in [1.807, 2.05) is 6.92 Å². The van der Waals surface area contributed by atoms with Gasteiger partial charge in [0.25, 0.3) is 11.6 Å². The molecule has 0 saturated heterocycles. The van der Waals surface area contributed by atoms with Gasteiger partial charge in [0.15, 0.2) is 11.2 Å². The summed E-state index contributed by atoms with van der Waals surface area (Å²) in [4.78, 5) is 23.3. The molecule has 1 atom stereocenters. The van der Waals surface area contributed by atoms with Crippen LogP contribution in [0.5, 0.6) is 0 Å². The van der Waals surface area contributed by atoms with Gasteiger partial charge in [-0.2, -0.15) is 27.6 Å². The average Bonchev–Trinajstić information content (AvgIpc) is 3.32. The van der Waals surface area contributed by atoms with Crippen molar-refractivity contribution in [2.45, 2.75) is 38.5 Å². The molecule has 1 aliphatic rings. The lowest BCUT2D eigenvalue weighted by molar-refractivity contribution is -0.137. The van der Waals surface area contributed by atoms with E-state index in [-0.39, 0.29) is 30.2 Å². The molecular formula is C19H18F4N6O. The Bertz CT molecular complexity index is 1170. The second-order valence-electron chi connectivity index (χ2n) is 7.07. The van der Waals surface area contributed by atoms with Crippen molar-refractivity contribution in [1.29, 1.82) is 0 Å². The topological polar surface area (TPSA) is 79.2 Å². The number of hydrogen-bond donors (Lipinski definition) is 1. The molecule has 0 bridgehead atoms. The highest BCUT2D eigenvalue weighted by atomic mass is 19.4. The fraction of sp³-hybridized carbons (Fsp3) is 0.368. The Morgan fingerprint density at radius 2 is 2.07 bits per heavy atom. The summed E-state index contributed by atoms with van der Waals surface area (Å²) in [5, 5.41) is 5.83. The van der Waals surface area contributed by atoms with E-state index in [0.717, 1.165) is 16.7 Å². The van der Waals surface area contributed by atoms with Crippen molar-refractivity contribution >= 4 is 17.4 Å². The minimum atomic E-state index is -4.41. The molecule has 0 radical (unpaired) electrons. The zero-order valence-electron chi connectivity index (χ0n) is 15.9. The van der Waals surface area contributed by atoms with E-state index in [9.17, 15) is 22.4 Å². The SMILES string of the molecule is CCCn1c(F)nc2nc(C3C=NN(Cc4cccc(C(F)(F)F)c4)C3)[nH]c2c1=O. The van der Waals surface area contributed by atoms with Gasteiger partial charge in [-0.25, -0.2) is 4.98 Å². The molecule has 2 aromatic heterocycles. The molecule has 0 fully saturated rings. The number of imidazole rings is 1. The molecule has 0 spiro atoms. The van der Waals surface area contributed by atoms with Gasteiger partial charge in [0.05, 0.1) is 24.6 Å². The molecule has 1 aliphatic heterocycles. The largest absolute Gasteiger partial charge is 0.416 e. The number of benzene rings is 1. The standard InChI is InChI=1S/C19H18F4N6O/c1-2-6-29-17(30)14-16(27-18(29)20)26-15(25-14)12-8-24-28(10-12)9-11-4-3-5-13(7-11)19(21,22)23/h3-5,7-8,12H,2,6,9-10H2,1H3,(H,25,26). The lowest BCUT2D eigenvalue weighted by Crippen LogP contribution is -2.24. The molecule has 3 aromatic rings. The summed E-state index contributed by atoms with van der Waals surface area (Å²) < 4.78 is 53.7. The first-order chi connectivity index (χ1) is 14.3. The van der Waals surface area contributed by atoms with Gasteiger partial charge in [-0.1, -0.05) is 19.1 Å². The van der Waals surface area contributed by atoms with Crippen LogP contribution in [-0.2, 0) is 19.3 Å². The number of nitrogens with zero attached hydrogens (tertiary/aromatic N) is 5. The number of halogens is 4. The van der Waals surface area contributed by atoms with Crippen molar-refractivity contribution in [3.63, 3.8) is 0 Å². The highest BCUT2D eigenvalue weighted by Crippen LogP contribution is 2.30. The van der Waals surface area contributed by atoms with Crippen LogP contribution in [0.15, 0.2) is 34.2 Å². The monoisotopic (exact) mass is 422 g/mol. The van der Waals surface area contributed by atoms with Crippen molar-refractivity contribution < 1.29 is 17.6 Å². The van der Waals surface area contributed by atoms with E-state index in [4.69, 9.17) is 0 Å². The molecule has 30 heavy (non-hydrogen) atoms. The quantitative estimate of drug-likeness (QED) is 0.506. The van der Waals surface area contributed by atoms with Crippen LogP contribution in [0.25, 0.3) is 11.2 Å². The normalized spacial score (nSPS) is 16.7. The molecule has 1 unspecified atom stereocenters. The third-order valence-electron chi connectivity index (χ3n) is 4.82. The first kappa shape index (κ1) is 20.0. The maximum absolute atomic E-state index is 14.1. The van der Waals surface area contributed by atoms with Gasteiger partial charge < -0.3 is 4.98 Å². The van der Waals surface area contributed by atoms with Gasteiger partial charge in [0, 0.05) is 12.8 Å². The number of alkyl halides is 3. The number of nitrogens with one attached hydrogen (secondary N) is 1. The second kappa shape index (κ2) is 7.54. The molecule has 4 rings (SSSR count). The highest BCUT2D eigenvalue weighted by Gasteiger charge is 2.31. The van der Waals surface area contributed by atoms with Crippen LogP contribution in [0.1, 0.15) is 36.2 Å². The maximum atomic E-state index is 14.1. The number of H-pyrrole nitrogens is 1. The van der Waals surface area contributed by atoms with Crippen molar-refractivity contribution in [2.75, 3.05) is 6.54 Å². The van der Waals surface area contributed by atoms with Crippen LogP contribution in [0.2, 0.25) is 0 Å². The maximum Gasteiger partial charge on any atom is 0.416 e. The van der Waals surface area contributed by atoms with E-state index in [0.29, 0.717) is 24.4 Å². The zero-order valence-corrected chi connectivity index (χ0v) is 15.9. The van der Waals surface area contributed by atoms with Gasteiger partial charge in [-0.05, 0) is 24.1 Å². The number of rotatable bonds is 5. The molecule has 3 heterocycles. The Morgan fingerprint density at radius 1 is 1.27 bits per heavy atom. The van der Waals surface area contributed by atoms with Gasteiger partial charge in [-0.15, -0.1) is 0 Å². The first-order valence-corrected chi connectivity index (χ1v) is 9.37. The van der Waals surface area contributed by atoms with Crippen molar-refractivity contribution in [3.05, 3.63) is 57.6 Å². The summed E-state index contributed by atoms with van der Waals surface area (Å²) in [6.07, 6.45) is -3.14. The summed E-state index contributed by atoms with van der Waals surface area (Å²) in [6.45, 7) is 2.56. The molecule has 7 nitrogen and oxygen atoms in total. The molecule has 0 aliphatic carbocycles. The number of aromatic amines is 1. The molecular weight excluding hydrogens is 404 g/mol. The van der Waals surface area contributed by atoms with E-state index in [1.165, 1.54) is 6.07 Å². The lowest BCUT2D eigenvalue weighted by atomic mass is 10.1. The van der Waals surface area contributed by atoms with E-state index < -0.39 is 23.4 Å². The van der Waals surface area contributed by atoms with E-state index in [2.05, 4.69) is 20.1 Å². The molecule has 0 amide bonds. The molecule has 0 saturated carbocycles. The summed E-state index contributed by atoms with van der Waals surface area (Å²) in [7, 11) is 0. The average molecular weight is 422 g/mol. The number of hydrazone groups is 1. The minimum Gasteiger partial charge on any atom is -0.335 e. The Balaban J connectivity index is 1.53. The summed E-state index contributed by atoms with van der Waals surface area (Å²) in [6, 6.07) is 5.07. The second-order valence-corrected chi connectivity index (χ2v) is 7.07. The Hall–Kier alpha value is -3.24. The van der Waals surface area contributed by atoms with Gasteiger partial charge in [0.1, 0.15) is 5.82 Å². The zero-order chi connectivity index (χ0) is 21.5. The van der Waals surface area contributed by atoms with Crippen LogP contribution in [0.4, 0.5) is 17.6 Å². The lowest BCUT2D eigenvalue weighted by Gasteiger charge is -2.16. The Morgan fingerprint density at radius 3 is 2.80 bits per heavy atom. The number of hydrogen-bond acceptors (Lipinski definition) is 5. The van der Waals surface area contributed by atoms with Crippen molar-refractivity contribution in [1.82, 2.24) is 24.5 Å². The van der Waals surface area contributed by atoms with Crippen LogP contribution in [0.3, 0.4) is 0 Å². The highest BCUT2D eigenvalue weighted by molar-refractivity contribution is 5.73. The fourth-order valence-electron chi connectivity index (χ4n) is 3.39. The molecule has 1 aromatic carbocycles. The van der Waals surface area contributed by atoms with Crippen molar-refractivity contribution in [2.24, 2.45) is 5.10 Å². The minimum absolute atomic E-state index is 0.00965. The fourth-order valence-corrected chi connectivity index (χ4v) is 3.39. The number of aromatic nitrogens is 4. The Labute approximate surface area is 168 Å². The van der Waals surface area contributed by atoms with E-state index >= 15 is 0 Å². The number of fused-ring (bicyclic) bond motifs is 1. The van der Waals surface area contributed by atoms with Crippen LogP contribution >= 0.6 is 0 Å². The smallest absolute Gasteiger partial charge is 0.335 e. The Kier molecular flexibility index (Phi) is 5.04. The van der Waals surface area contributed by atoms with E-state index in [1.54, 1.807) is 17.3 Å². The third-order valence-corrected chi connectivity index (χ3v) is 4.82. The third kappa shape index (κ3) is 3.79. The van der Waals surface area contributed by atoms with Crippen LogP contribution < -0.4 is 5.56 Å². The predicted octanol–water partition coefficient (Wildman–Crippen LogP) is 3.27. The van der Waals surface area contributed by atoms with Gasteiger partial charge in [-0.3, -0.25) is 14.4 Å². The predicted molar refractivity (Wildman–Crippen MR) is 101 cm³/mol. The van der Waals surface area contributed by atoms with Gasteiger partial charge >= 0.3 is 6.18 Å². The molecule has 11 heteroatoms. The van der Waals surface area contributed by atoms with Crippen LogP contribution in [-0.4, -0.2) is 37.3 Å². The van der Waals surface area contributed by atoms with Crippen molar-refractivity contribution in [3.8, 4) is 0 Å². The molecule has 1 N–H and O–H groups in total. The molecule has 158 valence electrons. The van der Waals surface area contributed by atoms with Gasteiger partial charge in [0.2, 0.25) is 0 Å². The summed E-state index contributed by atoms with van der Waals surface area (Å²) >= 11 is 0.